The topological polar surface area (TPSA) is 23.0 Å². The van der Waals surface area contributed by atoms with Gasteiger partial charge in [0, 0.05) is 74.7 Å². The summed E-state index contributed by atoms with van der Waals surface area (Å²) in [4.78, 5) is 0. The number of rotatable bonds is 8. The molecule has 0 saturated heterocycles. The predicted molar refractivity (Wildman–Crippen MR) is 487 cm³/mol. The zero-order valence-corrected chi connectivity index (χ0v) is 69.0. The minimum Gasteiger partial charge on any atom is -0.456 e. The maximum atomic E-state index is 5.79. The molecule has 20 rings (SSSR count). The van der Waals surface area contributed by atoms with E-state index in [-0.39, 0.29) is 10.8 Å². The fraction of sp³-hybridized carbons (Fsp3) is 0.222. The highest BCUT2D eigenvalue weighted by Crippen LogP contribution is 2.52. The Labute approximate surface area is 667 Å². The molecule has 4 heterocycles. The Balaban J connectivity index is 0.000000107. The van der Waals surface area contributed by atoms with Crippen molar-refractivity contribution in [1.29, 1.82) is 0 Å². The Morgan fingerprint density at radius 2 is 0.670 bits per heavy atom. The first-order chi connectivity index (χ1) is 54.1. The zero-order valence-electron chi connectivity index (χ0n) is 68.2. The first kappa shape index (κ1) is 76.1. The van der Waals surface area contributed by atoms with E-state index in [2.05, 4.69) is 423 Å². The van der Waals surface area contributed by atoms with Crippen LogP contribution in [0.5, 0.6) is 0 Å². The normalized spacial score (nSPS) is 12.9. The van der Waals surface area contributed by atoms with Crippen LogP contribution in [0.1, 0.15) is 202 Å². The quantitative estimate of drug-likeness (QED) is 0.149. The van der Waals surface area contributed by atoms with Crippen molar-refractivity contribution < 1.29 is 4.42 Å². The van der Waals surface area contributed by atoms with Gasteiger partial charge in [-0.15, -0.1) is 11.3 Å². The second kappa shape index (κ2) is 31.8. The summed E-state index contributed by atoms with van der Waals surface area (Å²) in [6, 6.07) is 114. The summed E-state index contributed by atoms with van der Waals surface area (Å²) in [5, 5.41) is 10.6. The Hall–Kier alpha value is -11.3. The maximum absolute atomic E-state index is 5.79. The van der Waals surface area contributed by atoms with Gasteiger partial charge in [0.1, 0.15) is 11.2 Å². The number of benzene rings is 14. The van der Waals surface area contributed by atoms with Crippen LogP contribution < -0.4 is 0 Å². The minimum absolute atomic E-state index is 0.136. The zero-order chi connectivity index (χ0) is 78.3. The van der Waals surface area contributed by atoms with E-state index in [9.17, 15) is 0 Å². The van der Waals surface area contributed by atoms with Crippen molar-refractivity contribution in [3.05, 3.63) is 371 Å². The summed E-state index contributed by atoms with van der Waals surface area (Å²) in [6.07, 6.45) is 0. The summed E-state index contributed by atoms with van der Waals surface area (Å²) in [5.41, 5.74) is 29.9. The summed E-state index contributed by atoms with van der Waals surface area (Å²) in [7, 11) is 0. The van der Waals surface area contributed by atoms with Gasteiger partial charge in [-0.3, -0.25) is 0 Å². The van der Waals surface area contributed by atoms with E-state index in [0.29, 0.717) is 35.5 Å². The van der Waals surface area contributed by atoms with Crippen LogP contribution in [-0.4, -0.2) is 9.13 Å². The SMILES string of the molecule is CC(C)c1ccc2c(c1)-c1ccccc1C2(C)C.CC(C)c1ccc2c(c1)c1ccccc1n2-c1ccccc1.CC(C)c1ccc2oc3ccccc3c2c1.CC(C)c1ccc2sc3ccccc3c2c1.CC(C)c1cccc2c1-c1ccccc1C2(C)C.CC(C)c1cccc2c1c1ccccc1n2-c1ccccc1. The fourth-order valence-corrected chi connectivity index (χ4v) is 18.2. The molecule has 0 spiro atoms. The summed E-state index contributed by atoms with van der Waals surface area (Å²) in [6.45, 7) is 36.3. The number of hydrogen-bond donors (Lipinski definition) is 0. The maximum Gasteiger partial charge on any atom is 0.135 e. The number of hydrogen-bond acceptors (Lipinski definition) is 2. The number of para-hydroxylation sites is 5. The monoisotopic (exact) mass is 1480 g/mol. The minimum atomic E-state index is 0.136. The number of aromatic nitrogens is 2. The van der Waals surface area contributed by atoms with Gasteiger partial charge in [0.25, 0.3) is 0 Å². The molecule has 0 fully saturated rings. The van der Waals surface area contributed by atoms with Crippen molar-refractivity contribution in [3.63, 3.8) is 0 Å². The molecule has 560 valence electrons. The summed E-state index contributed by atoms with van der Waals surface area (Å²) < 4.78 is 13.3. The second-order valence-corrected chi connectivity index (χ2v) is 34.5. The van der Waals surface area contributed by atoms with Gasteiger partial charge >= 0.3 is 0 Å². The molecule has 0 bridgehead atoms. The molecule has 0 radical (unpaired) electrons. The van der Waals surface area contributed by atoms with Crippen molar-refractivity contribution in [3.8, 4) is 33.6 Å². The molecule has 3 nitrogen and oxygen atoms in total. The van der Waals surface area contributed by atoms with Crippen molar-refractivity contribution in [2.45, 2.75) is 157 Å². The Bertz CT molecular complexity index is 6280. The van der Waals surface area contributed by atoms with E-state index in [1.807, 2.05) is 23.5 Å². The van der Waals surface area contributed by atoms with Crippen molar-refractivity contribution in [2.75, 3.05) is 0 Å². The fourth-order valence-electron chi connectivity index (χ4n) is 17.2. The number of furan rings is 1. The average molecular weight is 1480 g/mol. The number of fused-ring (bicyclic) bond motifs is 18. The van der Waals surface area contributed by atoms with E-state index in [4.69, 9.17) is 4.42 Å². The number of thiophene rings is 1. The van der Waals surface area contributed by atoms with E-state index in [0.717, 1.165) is 11.2 Å². The van der Waals surface area contributed by atoms with Crippen molar-refractivity contribution in [1.82, 2.24) is 9.13 Å². The van der Waals surface area contributed by atoms with Gasteiger partial charge in [-0.1, -0.05) is 335 Å². The van der Waals surface area contributed by atoms with Crippen molar-refractivity contribution in [2.24, 2.45) is 0 Å². The molecular weight excluding hydrogens is 1370 g/mol. The predicted octanol–water partition coefficient (Wildman–Crippen LogP) is 31.9. The van der Waals surface area contributed by atoms with E-state index < -0.39 is 0 Å². The smallest absolute Gasteiger partial charge is 0.135 e. The first-order valence-corrected chi connectivity index (χ1v) is 41.4. The molecule has 0 saturated carbocycles. The molecule has 112 heavy (non-hydrogen) atoms. The highest BCUT2D eigenvalue weighted by atomic mass is 32.1. The summed E-state index contributed by atoms with van der Waals surface area (Å²) >= 11 is 1.88. The Morgan fingerprint density at radius 3 is 1.31 bits per heavy atom. The van der Waals surface area contributed by atoms with Gasteiger partial charge in [-0.05, 0) is 204 Å². The van der Waals surface area contributed by atoms with E-state index >= 15 is 0 Å². The molecule has 0 N–H and O–H groups in total. The summed E-state index contributed by atoms with van der Waals surface area (Å²) in [5.74, 6) is 3.37. The molecule has 4 heteroatoms. The largest absolute Gasteiger partial charge is 0.456 e. The van der Waals surface area contributed by atoms with Gasteiger partial charge in [0.05, 0.1) is 22.1 Å². The lowest BCUT2D eigenvalue weighted by Gasteiger charge is -2.21. The van der Waals surface area contributed by atoms with E-state index in [1.54, 1.807) is 0 Å². The van der Waals surface area contributed by atoms with Gasteiger partial charge in [0.2, 0.25) is 0 Å². The van der Waals surface area contributed by atoms with E-state index in [1.165, 1.54) is 164 Å². The molecule has 18 aromatic rings. The molecule has 0 unspecified atom stereocenters. The van der Waals surface area contributed by atoms with Crippen LogP contribution in [0.3, 0.4) is 0 Å². The standard InChI is InChI=1S/2C21H19N.2C18H20.C15H14O.C15H14S/c1-15(2)17-12-8-14-20-21(17)18-11-6-7-13-19(18)22(20)16-9-4-3-5-10-16;1-15(2)16-12-13-21-19(14-16)18-10-6-7-11-20(18)22(21)17-8-4-3-5-9-17;1-12(2)13-9-7-11-16-17(13)14-8-5-6-10-15(14)18(16,3)4;1-12(2)13-9-10-17-15(11-13)14-7-5-6-8-16(14)18(17,3)4;2*1-10(2)11-7-8-15-13(9-11)12-5-3-4-6-14(12)16-15/h2*3-15H,1-2H3;2*5-12H,1-4H3;2*3-10H,1-2H3. The lowest BCUT2D eigenvalue weighted by atomic mass is 9.82. The molecule has 0 aliphatic heterocycles. The molecular formula is C108H106N2OS. The lowest BCUT2D eigenvalue weighted by molar-refractivity contribution is 0.659. The second-order valence-electron chi connectivity index (χ2n) is 33.4. The van der Waals surface area contributed by atoms with Gasteiger partial charge in [0.15, 0.2) is 0 Å². The molecule has 2 aliphatic carbocycles. The lowest BCUT2D eigenvalue weighted by Crippen LogP contribution is -2.14. The Morgan fingerprint density at radius 1 is 0.259 bits per heavy atom. The molecule has 4 aromatic heterocycles. The van der Waals surface area contributed by atoms with Gasteiger partial charge < -0.3 is 13.6 Å². The van der Waals surface area contributed by atoms with Gasteiger partial charge in [-0.2, -0.15) is 0 Å². The van der Waals surface area contributed by atoms with Crippen LogP contribution in [-0.2, 0) is 10.8 Å². The highest BCUT2D eigenvalue weighted by molar-refractivity contribution is 7.25. The van der Waals surface area contributed by atoms with Gasteiger partial charge in [-0.25, -0.2) is 0 Å². The number of nitrogens with zero attached hydrogens (tertiary/aromatic N) is 2. The molecule has 14 aromatic carbocycles. The van der Waals surface area contributed by atoms with Crippen molar-refractivity contribution >= 4 is 97.1 Å². The molecule has 2 aliphatic rings. The van der Waals surface area contributed by atoms with Crippen LogP contribution in [0.25, 0.3) is 119 Å². The Kier molecular flexibility index (Phi) is 21.6. The third-order valence-corrected chi connectivity index (χ3v) is 24.6. The van der Waals surface area contributed by atoms with Crippen LogP contribution in [0.4, 0.5) is 0 Å². The average Bonchev–Trinajstić information content (AvgIpc) is 1.59. The third-order valence-electron chi connectivity index (χ3n) is 23.4. The molecule has 0 atom stereocenters. The first-order valence-electron chi connectivity index (χ1n) is 40.5. The molecule has 0 amide bonds. The van der Waals surface area contributed by atoms with Crippen LogP contribution in [0.2, 0.25) is 0 Å². The van der Waals surface area contributed by atoms with Crippen LogP contribution in [0.15, 0.2) is 320 Å². The highest BCUT2D eigenvalue weighted by Gasteiger charge is 2.37. The van der Waals surface area contributed by atoms with Crippen LogP contribution >= 0.6 is 11.3 Å². The third kappa shape index (κ3) is 14.5. The van der Waals surface area contributed by atoms with Crippen LogP contribution in [0, 0.1) is 0 Å².